The van der Waals surface area contributed by atoms with Crippen molar-refractivity contribution < 1.29 is 26.4 Å². The summed E-state index contributed by atoms with van der Waals surface area (Å²) in [4.78, 5) is 27.4. The van der Waals surface area contributed by atoms with E-state index in [1.165, 1.54) is 6.20 Å². The van der Waals surface area contributed by atoms with Crippen LogP contribution in [0.4, 0.5) is 24.7 Å². The highest BCUT2D eigenvalue weighted by Gasteiger charge is 2.33. The van der Waals surface area contributed by atoms with Crippen LogP contribution in [0.5, 0.6) is 0 Å². The SMILES string of the molecule is O=C(c1c(F)ccc(NS(=O)(=O)N2CC[C@@H](F)C2)c1F)c1c[nH]c2ncc(-c3ccc(N4CCNCC4)nc3)cc12. The van der Waals surface area contributed by atoms with Crippen LogP contribution in [0.3, 0.4) is 0 Å². The minimum absolute atomic E-state index is 0.0174. The average molecular weight is 586 g/mol. The molecule has 0 unspecified atom stereocenters. The first-order valence-corrected chi connectivity index (χ1v) is 14.5. The first kappa shape index (κ1) is 27.2. The first-order valence-electron chi connectivity index (χ1n) is 13.0. The lowest BCUT2D eigenvalue weighted by atomic mass is 10.00. The molecular formula is C27H26F3N7O3S. The number of H-pyrrole nitrogens is 1. The number of anilines is 2. The van der Waals surface area contributed by atoms with Gasteiger partial charge in [-0.1, -0.05) is 0 Å². The van der Waals surface area contributed by atoms with Crippen molar-refractivity contribution >= 4 is 38.5 Å². The molecule has 3 aromatic heterocycles. The molecule has 0 radical (unpaired) electrons. The molecule has 2 fully saturated rings. The maximum Gasteiger partial charge on any atom is 0.301 e. The Kier molecular flexibility index (Phi) is 7.13. The molecule has 2 saturated heterocycles. The summed E-state index contributed by atoms with van der Waals surface area (Å²) in [5, 5.41) is 3.62. The second kappa shape index (κ2) is 10.8. The van der Waals surface area contributed by atoms with Gasteiger partial charge in [0.25, 0.3) is 0 Å². The Hall–Kier alpha value is -4.01. The number of benzene rings is 1. The summed E-state index contributed by atoms with van der Waals surface area (Å²) in [5.41, 5.74) is 0.121. The molecule has 214 valence electrons. The number of aromatic amines is 1. The minimum Gasteiger partial charge on any atom is -0.354 e. The van der Waals surface area contributed by atoms with Crippen LogP contribution in [0, 0.1) is 11.6 Å². The van der Waals surface area contributed by atoms with Crippen molar-refractivity contribution in [2.24, 2.45) is 0 Å². The normalized spacial score (nSPS) is 18.2. The number of aromatic nitrogens is 3. The van der Waals surface area contributed by atoms with Crippen LogP contribution in [0.15, 0.2) is 48.9 Å². The summed E-state index contributed by atoms with van der Waals surface area (Å²) in [5.74, 6) is -2.69. The van der Waals surface area contributed by atoms with Crippen molar-refractivity contribution in [2.75, 3.05) is 48.9 Å². The average Bonchev–Trinajstić information content (AvgIpc) is 3.61. The monoisotopic (exact) mass is 585 g/mol. The molecule has 6 rings (SSSR count). The third kappa shape index (κ3) is 5.25. The number of hydrogen-bond donors (Lipinski definition) is 3. The van der Waals surface area contributed by atoms with Crippen molar-refractivity contribution in [3.8, 4) is 11.1 Å². The van der Waals surface area contributed by atoms with Crippen LogP contribution >= 0.6 is 0 Å². The molecule has 1 atom stereocenters. The molecule has 0 bridgehead atoms. The zero-order valence-electron chi connectivity index (χ0n) is 21.7. The van der Waals surface area contributed by atoms with Gasteiger partial charge in [-0.2, -0.15) is 12.7 Å². The molecule has 1 aromatic carbocycles. The van der Waals surface area contributed by atoms with E-state index in [0.29, 0.717) is 16.6 Å². The van der Waals surface area contributed by atoms with Gasteiger partial charge in [0, 0.05) is 79.9 Å². The third-order valence-corrected chi connectivity index (χ3v) is 8.78. The van der Waals surface area contributed by atoms with E-state index in [-0.39, 0.29) is 25.1 Å². The number of fused-ring (bicyclic) bond motifs is 1. The Labute approximate surface area is 233 Å². The van der Waals surface area contributed by atoms with Crippen LogP contribution in [0.2, 0.25) is 0 Å². The molecule has 2 aliphatic heterocycles. The number of nitrogens with one attached hydrogen (secondary N) is 3. The van der Waals surface area contributed by atoms with Gasteiger partial charge in [-0.15, -0.1) is 0 Å². The molecular weight excluding hydrogens is 559 g/mol. The van der Waals surface area contributed by atoms with E-state index in [1.54, 1.807) is 18.5 Å². The quantitative estimate of drug-likeness (QED) is 0.285. The number of carbonyl (C=O) groups is 1. The minimum atomic E-state index is -4.32. The van der Waals surface area contributed by atoms with Gasteiger partial charge in [-0.25, -0.2) is 23.1 Å². The Morgan fingerprint density at radius 1 is 1.02 bits per heavy atom. The van der Waals surface area contributed by atoms with Crippen molar-refractivity contribution in [3.05, 3.63) is 71.7 Å². The van der Waals surface area contributed by atoms with Crippen molar-refractivity contribution in [1.82, 2.24) is 24.6 Å². The lowest BCUT2D eigenvalue weighted by molar-refractivity contribution is 0.103. The van der Waals surface area contributed by atoms with E-state index in [9.17, 15) is 22.0 Å². The summed E-state index contributed by atoms with van der Waals surface area (Å²) in [6, 6.07) is 7.16. The highest BCUT2D eigenvalue weighted by molar-refractivity contribution is 7.90. The number of halogens is 3. The Bertz CT molecular complexity index is 1720. The smallest absolute Gasteiger partial charge is 0.301 e. The Balaban J connectivity index is 1.30. The van der Waals surface area contributed by atoms with Crippen LogP contribution in [0.25, 0.3) is 22.2 Å². The van der Waals surface area contributed by atoms with E-state index in [4.69, 9.17) is 0 Å². The van der Waals surface area contributed by atoms with Crippen LogP contribution in [0.1, 0.15) is 22.3 Å². The lowest BCUT2D eigenvalue weighted by Crippen LogP contribution is -2.43. The highest BCUT2D eigenvalue weighted by atomic mass is 32.2. The summed E-state index contributed by atoms with van der Waals surface area (Å²) >= 11 is 0. The van der Waals surface area contributed by atoms with Gasteiger partial charge in [0.15, 0.2) is 5.82 Å². The summed E-state index contributed by atoms with van der Waals surface area (Å²) in [7, 11) is -4.32. The number of rotatable bonds is 7. The van der Waals surface area contributed by atoms with E-state index in [0.717, 1.165) is 54.0 Å². The number of ketones is 1. The molecule has 2 aliphatic rings. The van der Waals surface area contributed by atoms with Crippen molar-refractivity contribution in [2.45, 2.75) is 12.6 Å². The molecule has 5 heterocycles. The fourth-order valence-electron chi connectivity index (χ4n) is 5.07. The van der Waals surface area contributed by atoms with Gasteiger partial charge in [-0.3, -0.25) is 9.52 Å². The molecule has 0 amide bonds. The van der Waals surface area contributed by atoms with Gasteiger partial charge in [-0.05, 0) is 36.8 Å². The number of carbonyl (C=O) groups excluding carboxylic acids is 1. The largest absolute Gasteiger partial charge is 0.354 e. The zero-order chi connectivity index (χ0) is 28.7. The number of piperazine rings is 1. The van der Waals surface area contributed by atoms with Gasteiger partial charge in [0.1, 0.15) is 23.5 Å². The molecule has 0 spiro atoms. The Morgan fingerprint density at radius 2 is 1.80 bits per heavy atom. The molecule has 0 saturated carbocycles. The Morgan fingerprint density at radius 3 is 2.51 bits per heavy atom. The van der Waals surface area contributed by atoms with Crippen LogP contribution < -0.4 is 14.9 Å². The van der Waals surface area contributed by atoms with Crippen molar-refractivity contribution in [1.29, 1.82) is 0 Å². The maximum absolute atomic E-state index is 15.5. The summed E-state index contributed by atoms with van der Waals surface area (Å²) in [6.07, 6.45) is 3.30. The maximum atomic E-state index is 15.5. The zero-order valence-corrected chi connectivity index (χ0v) is 22.5. The number of nitrogens with zero attached hydrogens (tertiary/aromatic N) is 4. The van der Waals surface area contributed by atoms with Gasteiger partial charge in [0.05, 0.1) is 11.3 Å². The molecule has 14 heteroatoms. The number of alkyl halides is 1. The first-order chi connectivity index (χ1) is 19.7. The summed E-state index contributed by atoms with van der Waals surface area (Å²) < 4.78 is 72.0. The second-order valence-corrected chi connectivity index (χ2v) is 11.6. The summed E-state index contributed by atoms with van der Waals surface area (Å²) in [6.45, 7) is 3.00. The topological polar surface area (TPSA) is 123 Å². The predicted molar refractivity (Wildman–Crippen MR) is 148 cm³/mol. The van der Waals surface area contributed by atoms with E-state index >= 15 is 4.39 Å². The molecule has 0 aliphatic carbocycles. The van der Waals surface area contributed by atoms with Crippen molar-refractivity contribution in [3.63, 3.8) is 0 Å². The second-order valence-electron chi connectivity index (χ2n) is 9.93. The lowest BCUT2D eigenvalue weighted by Gasteiger charge is -2.28. The van der Waals surface area contributed by atoms with E-state index < -0.39 is 45.0 Å². The van der Waals surface area contributed by atoms with E-state index in [1.807, 2.05) is 16.9 Å². The predicted octanol–water partition coefficient (Wildman–Crippen LogP) is 3.24. The fourth-order valence-corrected chi connectivity index (χ4v) is 6.34. The molecule has 3 N–H and O–H groups in total. The molecule has 41 heavy (non-hydrogen) atoms. The third-order valence-electron chi connectivity index (χ3n) is 7.29. The number of hydrogen-bond acceptors (Lipinski definition) is 7. The molecule has 4 aromatic rings. The van der Waals surface area contributed by atoms with E-state index in [2.05, 4.69) is 25.2 Å². The van der Waals surface area contributed by atoms with Gasteiger partial charge >= 0.3 is 10.2 Å². The highest BCUT2D eigenvalue weighted by Crippen LogP contribution is 2.30. The molecule has 10 nitrogen and oxygen atoms in total. The van der Waals surface area contributed by atoms with Crippen LogP contribution in [-0.4, -0.2) is 78.9 Å². The fraction of sp³-hybridized carbons (Fsp3) is 0.296. The number of pyridine rings is 2. The standard InChI is InChI=1S/C27H26F3N7O3S/c28-18-5-8-37(15-18)41(39,40)35-22-3-2-21(29)24(25(22)30)26(38)20-14-34-27-19(20)11-17(13-33-27)16-1-4-23(32-12-16)36-9-6-31-7-10-36/h1-4,11-14,18,31,35H,5-10,15H2,(H,33,34)/t18-/m1/s1. The van der Waals surface area contributed by atoms with Gasteiger partial charge in [0.2, 0.25) is 5.78 Å². The van der Waals surface area contributed by atoms with Crippen LogP contribution in [-0.2, 0) is 10.2 Å². The van der Waals surface area contributed by atoms with Gasteiger partial charge < -0.3 is 15.2 Å².